The number of nitrogens with one attached hydrogen (secondary N) is 2. The Hall–Kier alpha value is -2.71. The van der Waals surface area contributed by atoms with Crippen LogP contribution in [0.4, 0.5) is 10.5 Å². The highest BCUT2D eigenvalue weighted by molar-refractivity contribution is 7.16. The van der Waals surface area contributed by atoms with Crippen molar-refractivity contribution in [2.45, 2.75) is 39.8 Å². The summed E-state index contributed by atoms with van der Waals surface area (Å²) >= 11 is 3.23. The topological polar surface area (TPSA) is 80.3 Å². The molecule has 0 aliphatic heterocycles. The highest BCUT2D eigenvalue weighted by atomic mass is 32.1. The first-order chi connectivity index (χ1) is 13.7. The Labute approximate surface area is 178 Å². The number of rotatable bonds is 5. The standard InChI is InChI=1S/C21H23N3O3S2/c1-13-23-17(12-28-13)18-9-8-16(29-18)11-22-19(25)14-6-5-7-15(10-14)24-20(26)27-21(2,3)4/h5-10,12H,11H2,1-4H3,(H,22,25)(H,24,26). The van der Waals surface area contributed by atoms with Crippen molar-refractivity contribution in [2.24, 2.45) is 0 Å². The van der Waals surface area contributed by atoms with Crippen LogP contribution in [0.3, 0.4) is 0 Å². The van der Waals surface area contributed by atoms with E-state index >= 15 is 0 Å². The van der Waals surface area contributed by atoms with E-state index in [0.29, 0.717) is 17.8 Å². The quantitative estimate of drug-likeness (QED) is 0.565. The molecule has 3 rings (SSSR count). The number of thiophene rings is 1. The molecule has 0 fully saturated rings. The predicted octanol–water partition coefficient (Wildman–Crippen LogP) is 5.46. The highest BCUT2D eigenvalue weighted by Gasteiger charge is 2.16. The van der Waals surface area contributed by atoms with Crippen LogP contribution in [0.2, 0.25) is 0 Å². The number of carbonyl (C=O) groups excluding carboxylic acids is 2. The van der Waals surface area contributed by atoms with Crippen molar-refractivity contribution in [2.75, 3.05) is 5.32 Å². The number of hydrogen-bond acceptors (Lipinski definition) is 6. The van der Waals surface area contributed by atoms with Crippen LogP contribution in [0.1, 0.15) is 41.0 Å². The van der Waals surface area contributed by atoms with E-state index in [1.54, 1.807) is 67.7 Å². The summed E-state index contributed by atoms with van der Waals surface area (Å²) in [5.41, 5.74) is 1.35. The predicted molar refractivity (Wildman–Crippen MR) is 118 cm³/mol. The third-order valence-corrected chi connectivity index (χ3v) is 5.61. The highest BCUT2D eigenvalue weighted by Crippen LogP contribution is 2.29. The van der Waals surface area contributed by atoms with Crippen molar-refractivity contribution < 1.29 is 14.3 Å². The maximum Gasteiger partial charge on any atom is 0.412 e. The molecule has 0 aliphatic carbocycles. The van der Waals surface area contributed by atoms with Crippen molar-refractivity contribution in [3.63, 3.8) is 0 Å². The van der Waals surface area contributed by atoms with Gasteiger partial charge in [-0.3, -0.25) is 10.1 Å². The lowest BCUT2D eigenvalue weighted by molar-refractivity contribution is 0.0635. The van der Waals surface area contributed by atoms with Crippen LogP contribution >= 0.6 is 22.7 Å². The van der Waals surface area contributed by atoms with Crippen molar-refractivity contribution in [1.29, 1.82) is 0 Å². The zero-order valence-electron chi connectivity index (χ0n) is 16.7. The number of nitrogens with zero attached hydrogens (tertiary/aromatic N) is 1. The minimum Gasteiger partial charge on any atom is -0.444 e. The third-order valence-electron chi connectivity index (χ3n) is 3.73. The van der Waals surface area contributed by atoms with E-state index in [1.807, 2.05) is 24.4 Å². The summed E-state index contributed by atoms with van der Waals surface area (Å²) < 4.78 is 5.23. The van der Waals surface area contributed by atoms with Gasteiger partial charge in [0.25, 0.3) is 5.91 Å². The minimum absolute atomic E-state index is 0.211. The average Bonchev–Trinajstić information content (AvgIpc) is 3.27. The minimum atomic E-state index is -0.587. The Morgan fingerprint density at radius 2 is 1.97 bits per heavy atom. The van der Waals surface area contributed by atoms with Gasteiger partial charge in [-0.25, -0.2) is 9.78 Å². The fraction of sp³-hybridized carbons (Fsp3) is 0.286. The molecule has 0 atom stereocenters. The largest absolute Gasteiger partial charge is 0.444 e. The molecule has 2 amide bonds. The number of carbonyl (C=O) groups is 2. The number of anilines is 1. The van der Waals surface area contributed by atoms with Crippen molar-refractivity contribution in [3.8, 4) is 10.6 Å². The molecule has 0 saturated heterocycles. The Bertz CT molecular complexity index is 1020. The Morgan fingerprint density at radius 3 is 2.66 bits per heavy atom. The number of benzene rings is 1. The summed E-state index contributed by atoms with van der Waals surface area (Å²) in [6.07, 6.45) is -0.557. The van der Waals surface area contributed by atoms with Crippen LogP contribution in [0.5, 0.6) is 0 Å². The molecule has 0 spiro atoms. The smallest absolute Gasteiger partial charge is 0.412 e. The number of hydrogen-bond donors (Lipinski definition) is 2. The molecular weight excluding hydrogens is 406 g/mol. The number of amides is 2. The molecule has 0 saturated carbocycles. The molecule has 152 valence electrons. The van der Waals surface area contributed by atoms with E-state index in [1.165, 1.54) is 0 Å². The molecule has 2 heterocycles. The lowest BCUT2D eigenvalue weighted by Crippen LogP contribution is -2.27. The second-order valence-electron chi connectivity index (χ2n) is 7.41. The van der Waals surface area contributed by atoms with E-state index < -0.39 is 11.7 Å². The van der Waals surface area contributed by atoms with E-state index in [4.69, 9.17) is 4.74 Å². The van der Waals surface area contributed by atoms with Gasteiger partial charge in [0.1, 0.15) is 5.60 Å². The second-order valence-corrected chi connectivity index (χ2v) is 9.64. The number of aryl methyl sites for hydroxylation is 1. The van der Waals surface area contributed by atoms with Gasteiger partial charge in [-0.15, -0.1) is 22.7 Å². The Balaban J connectivity index is 1.58. The maximum absolute atomic E-state index is 12.5. The number of ether oxygens (including phenoxy) is 1. The first-order valence-electron chi connectivity index (χ1n) is 9.09. The molecule has 2 N–H and O–H groups in total. The van der Waals surface area contributed by atoms with Gasteiger partial charge in [0.05, 0.1) is 22.1 Å². The van der Waals surface area contributed by atoms with Crippen molar-refractivity contribution >= 4 is 40.4 Å². The summed E-state index contributed by atoms with van der Waals surface area (Å²) in [5, 5.41) is 8.62. The molecule has 0 unspecified atom stereocenters. The summed E-state index contributed by atoms with van der Waals surface area (Å²) in [4.78, 5) is 31.0. The zero-order valence-corrected chi connectivity index (χ0v) is 18.4. The monoisotopic (exact) mass is 429 g/mol. The van der Waals surface area contributed by atoms with Gasteiger partial charge < -0.3 is 10.1 Å². The van der Waals surface area contributed by atoms with Crippen LogP contribution < -0.4 is 10.6 Å². The molecule has 1 aromatic carbocycles. The summed E-state index contributed by atoms with van der Waals surface area (Å²) in [6, 6.07) is 10.8. The maximum atomic E-state index is 12.5. The molecule has 0 aliphatic rings. The van der Waals surface area contributed by atoms with Gasteiger partial charge in [-0.1, -0.05) is 6.07 Å². The Kier molecular flexibility index (Phi) is 6.34. The van der Waals surface area contributed by atoms with Crippen LogP contribution in [-0.2, 0) is 11.3 Å². The van der Waals surface area contributed by atoms with E-state index in [-0.39, 0.29) is 5.91 Å². The van der Waals surface area contributed by atoms with E-state index in [2.05, 4.69) is 15.6 Å². The first kappa shape index (κ1) is 21.0. The van der Waals surface area contributed by atoms with Gasteiger partial charge in [-0.05, 0) is 58.0 Å². The Morgan fingerprint density at radius 1 is 1.17 bits per heavy atom. The fourth-order valence-corrected chi connectivity index (χ4v) is 4.11. The second kappa shape index (κ2) is 8.75. The molecule has 3 aromatic rings. The van der Waals surface area contributed by atoms with Gasteiger partial charge in [0.15, 0.2) is 0 Å². The number of thiazole rings is 1. The molecular formula is C21H23N3O3S2. The molecule has 0 radical (unpaired) electrons. The zero-order chi connectivity index (χ0) is 21.0. The van der Waals surface area contributed by atoms with E-state index in [0.717, 1.165) is 20.5 Å². The average molecular weight is 430 g/mol. The summed E-state index contributed by atoms with van der Waals surface area (Å²) in [6.45, 7) is 7.79. The molecule has 2 aromatic heterocycles. The summed E-state index contributed by atoms with van der Waals surface area (Å²) in [7, 11) is 0. The van der Waals surface area contributed by atoms with Gasteiger partial charge in [0, 0.05) is 21.5 Å². The SMILES string of the molecule is Cc1nc(-c2ccc(CNC(=O)c3cccc(NC(=O)OC(C)(C)C)c3)s2)cs1. The van der Waals surface area contributed by atoms with Crippen molar-refractivity contribution in [1.82, 2.24) is 10.3 Å². The molecule has 0 bridgehead atoms. The fourth-order valence-electron chi connectivity index (χ4n) is 2.52. The summed E-state index contributed by atoms with van der Waals surface area (Å²) in [5.74, 6) is -0.211. The molecule has 6 nitrogen and oxygen atoms in total. The van der Waals surface area contributed by atoms with Gasteiger partial charge in [0.2, 0.25) is 0 Å². The van der Waals surface area contributed by atoms with Crippen LogP contribution in [0.15, 0.2) is 41.8 Å². The van der Waals surface area contributed by atoms with Crippen molar-refractivity contribution in [3.05, 3.63) is 57.2 Å². The van der Waals surface area contributed by atoms with Crippen LogP contribution in [0.25, 0.3) is 10.6 Å². The normalized spacial score (nSPS) is 11.2. The lowest BCUT2D eigenvalue weighted by atomic mass is 10.2. The van der Waals surface area contributed by atoms with E-state index in [9.17, 15) is 9.59 Å². The third kappa shape index (κ3) is 6.13. The van der Waals surface area contributed by atoms with Crippen LogP contribution in [-0.4, -0.2) is 22.6 Å². The number of aromatic nitrogens is 1. The molecule has 29 heavy (non-hydrogen) atoms. The van der Waals surface area contributed by atoms with Crippen LogP contribution in [0, 0.1) is 6.92 Å². The molecule has 8 heteroatoms. The lowest BCUT2D eigenvalue weighted by Gasteiger charge is -2.19. The van der Waals surface area contributed by atoms with Gasteiger partial charge in [-0.2, -0.15) is 0 Å². The van der Waals surface area contributed by atoms with Gasteiger partial charge >= 0.3 is 6.09 Å². The first-order valence-corrected chi connectivity index (χ1v) is 10.8.